The third-order valence-corrected chi connectivity index (χ3v) is 4.72. The third kappa shape index (κ3) is 3.89. The summed E-state index contributed by atoms with van der Waals surface area (Å²) in [6, 6.07) is 3.66. The monoisotopic (exact) mass is 370 g/mol. The highest BCUT2D eigenvalue weighted by Crippen LogP contribution is 2.33. The van der Waals surface area contributed by atoms with Crippen molar-refractivity contribution < 1.29 is 19.1 Å². The van der Waals surface area contributed by atoms with E-state index in [1.54, 1.807) is 12.1 Å². The van der Waals surface area contributed by atoms with Gasteiger partial charge in [-0.25, -0.2) is 0 Å². The third-order valence-electron chi connectivity index (χ3n) is 4.29. The number of amides is 1. The Bertz CT molecular complexity index is 564. The highest BCUT2D eigenvalue weighted by Gasteiger charge is 2.38. The summed E-state index contributed by atoms with van der Waals surface area (Å²) in [7, 11) is 0. The first-order chi connectivity index (χ1) is 10.5. The Morgan fingerprint density at radius 1 is 1.36 bits per heavy atom. The van der Waals surface area contributed by atoms with Gasteiger partial charge in [0.2, 0.25) is 0 Å². The molecule has 0 spiro atoms. The molecule has 2 saturated carbocycles. The fourth-order valence-electron chi connectivity index (χ4n) is 2.85. The summed E-state index contributed by atoms with van der Waals surface area (Å²) in [4.78, 5) is 25.0. The maximum Gasteiger partial charge on any atom is 0.317 e. The molecule has 6 nitrogen and oxygen atoms in total. The molecular formula is C15H19BrN2O4. The van der Waals surface area contributed by atoms with E-state index in [1.165, 1.54) is 12.8 Å². The Hall–Kier alpha value is -1.34. The van der Waals surface area contributed by atoms with Crippen LogP contribution in [0.1, 0.15) is 36.2 Å². The molecule has 2 fully saturated rings. The molecule has 0 unspecified atom stereocenters. The van der Waals surface area contributed by atoms with Gasteiger partial charge in [0.1, 0.15) is 0 Å². The Morgan fingerprint density at radius 3 is 2.64 bits per heavy atom. The summed E-state index contributed by atoms with van der Waals surface area (Å²) in [5, 5.41) is 11.9. The van der Waals surface area contributed by atoms with Crippen LogP contribution in [0.5, 0.6) is 0 Å². The van der Waals surface area contributed by atoms with Gasteiger partial charge in [-0.2, -0.15) is 0 Å². The SMILES string of the molecule is O=C(O)CN(CC1CC1)C1CC(NC(=O)c2ccc(Br)o2)C1. The van der Waals surface area contributed by atoms with Crippen LogP contribution < -0.4 is 5.32 Å². The Kier molecular flexibility index (Phi) is 4.54. The van der Waals surface area contributed by atoms with Crippen molar-refractivity contribution in [2.75, 3.05) is 13.1 Å². The number of nitrogens with zero attached hydrogens (tertiary/aromatic N) is 1. The zero-order valence-electron chi connectivity index (χ0n) is 12.1. The molecular weight excluding hydrogens is 352 g/mol. The van der Waals surface area contributed by atoms with Crippen molar-refractivity contribution in [3.8, 4) is 0 Å². The van der Waals surface area contributed by atoms with Gasteiger partial charge in [-0.05, 0) is 59.7 Å². The average Bonchev–Trinajstić information content (AvgIpc) is 3.10. The van der Waals surface area contributed by atoms with Gasteiger partial charge in [0.15, 0.2) is 10.4 Å². The second kappa shape index (κ2) is 6.42. The van der Waals surface area contributed by atoms with Crippen molar-refractivity contribution >= 4 is 27.8 Å². The smallest absolute Gasteiger partial charge is 0.317 e. The minimum Gasteiger partial charge on any atom is -0.480 e. The van der Waals surface area contributed by atoms with Crippen LogP contribution in [0.15, 0.2) is 21.2 Å². The number of hydrogen-bond acceptors (Lipinski definition) is 4. The number of aliphatic carboxylic acids is 1. The molecule has 22 heavy (non-hydrogen) atoms. The number of carbonyl (C=O) groups excluding carboxylic acids is 1. The molecule has 1 aromatic heterocycles. The molecule has 2 aliphatic carbocycles. The van der Waals surface area contributed by atoms with Crippen molar-refractivity contribution in [3.05, 3.63) is 22.6 Å². The van der Waals surface area contributed by atoms with Crippen LogP contribution in [0.3, 0.4) is 0 Å². The first-order valence-electron chi connectivity index (χ1n) is 7.53. The summed E-state index contributed by atoms with van der Waals surface area (Å²) in [5.41, 5.74) is 0. The van der Waals surface area contributed by atoms with E-state index in [-0.39, 0.29) is 30.3 Å². The molecule has 3 rings (SSSR count). The second-order valence-corrected chi connectivity index (χ2v) is 6.95. The molecule has 0 atom stereocenters. The lowest BCUT2D eigenvalue weighted by Gasteiger charge is -2.42. The highest BCUT2D eigenvalue weighted by atomic mass is 79.9. The molecule has 2 aliphatic rings. The molecule has 0 aliphatic heterocycles. The Labute approximate surface area is 137 Å². The van der Waals surface area contributed by atoms with Crippen LogP contribution in [0.25, 0.3) is 0 Å². The minimum atomic E-state index is -0.784. The van der Waals surface area contributed by atoms with Crippen molar-refractivity contribution in [1.29, 1.82) is 0 Å². The molecule has 1 amide bonds. The van der Waals surface area contributed by atoms with Crippen LogP contribution in [-0.4, -0.2) is 47.1 Å². The largest absolute Gasteiger partial charge is 0.480 e. The van der Waals surface area contributed by atoms with Crippen molar-refractivity contribution in [3.63, 3.8) is 0 Å². The van der Waals surface area contributed by atoms with E-state index in [0.717, 1.165) is 19.4 Å². The van der Waals surface area contributed by atoms with E-state index >= 15 is 0 Å². The lowest BCUT2D eigenvalue weighted by atomic mass is 9.85. The molecule has 0 bridgehead atoms. The van der Waals surface area contributed by atoms with E-state index in [2.05, 4.69) is 21.2 Å². The normalized spacial score (nSPS) is 24.1. The second-order valence-electron chi connectivity index (χ2n) is 6.17. The fourth-order valence-corrected chi connectivity index (χ4v) is 3.15. The number of hydrogen-bond donors (Lipinski definition) is 2. The Morgan fingerprint density at radius 2 is 2.09 bits per heavy atom. The summed E-state index contributed by atoms with van der Waals surface area (Å²) in [5.74, 6) is -0.0566. The van der Waals surface area contributed by atoms with Gasteiger partial charge in [0.25, 0.3) is 5.91 Å². The number of carboxylic acid groups (broad SMARTS) is 1. The fraction of sp³-hybridized carbons (Fsp3) is 0.600. The Balaban J connectivity index is 1.47. The average molecular weight is 371 g/mol. The quantitative estimate of drug-likeness (QED) is 0.767. The number of carboxylic acids is 1. The molecule has 1 aromatic rings. The topological polar surface area (TPSA) is 82.8 Å². The van der Waals surface area contributed by atoms with Gasteiger partial charge in [-0.1, -0.05) is 0 Å². The maximum absolute atomic E-state index is 12.0. The van der Waals surface area contributed by atoms with Crippen molar-refractivity contribution in [2.24, 2.45) is 5.92 Å². The van der Waals surface area contributed by atoms with E-state index in [0.29, 0.717) is 10.6 Å². The molecule has 2 N–H and O–H groups in total. The van der Waals surface area contributed by atoms with Gasteiger partial charge in [-0.15, -0.1) is 0 Å². The number of nitrogens with one attached hydrogen (secondary N) is 1. The summed E-state index contributed by atoms with van der Waals surface area (Å²) >= 11 is 3.17. The predicted molar refractivity (Wildman–Crippen MR) is 82.6 cm³/mol. The molecule has 1 heterocycles. The number of carbonyl (C=O) groups is 2. The van der Waals surface area contributed by atoms with Crippen LogP contribution in [0, 0.1) is 5.92 Å². The van der Waals surface area contributed by atoms with E-state index in [1.807, 2.05) is 4.90 Å². The zero-order valence-corrected chi connectivity index (χ0v) is 13.7. The zero-order chi connectivity index (χ0) is 15.7. The first kappa shape index (κ1) is 15.6. The summed E-state index contributed by atoms with van der Waals surface area (Å²) < 4.78 is 5.75. The van der Waals surface area contributed by atoms with Crippen LogP contribution in [-0.2, 0) is 4.79 Å². The predicted octanol–water partition coefficient (Wildman–Crippen LogP) is 2.10. The molecule has 0 radical (unpaired) electrons. The lowest BCUT2D eigenvalue weighted by Crippen LogP contribution is -2.55. The van der Waals surface area contributed by atoms with E-state index in [9.17, 15) is 9.59 Å². The summed E-state index contributed by atoms with van der Waals surface area (Å²) in [6.45, 7) is 0.954. The van der Waals surface area contributed by atoms with E-state index < -0.39 is 5.97 Å². The molecule has 7 heteroatoms. The van der Waals surface area contributed by atoms with Gasteiger partial charge in [0.05, 0.1) is 6.54 Å². The standard InChI is InChI=1S/C15H19BrN2O4/c16-13-4-3-12(22-13)15(21)17-10-5-11(6-10)18(8-14(19)20)7-9-1-2-9/h3-4,9-11H,1-2,5-8H2,(H,17,21)(H,19,20). The van der Waals surface area contributed by atoms with Crippen molar-refractivity contribution in [2.45, 2.75) is 37.8 Å². The number of rotatable bonds is 7. The minimum absolute atomic E-state index is 0.0902. The highest BCUT2D eigenvalue weighted by molar-refractivity contribution is 9.10. The number of furan rings is 1. The number of halogens is 1. The van der Waals surface area contributed by atoms with Crippen molar-refractivity contribution in [1.82, 2.24) is 10.2 Å². The molecule has 0 saturated heterocycles. The summed E-state index contributed by atoms with van der Waals surface area (Å²) in [6.07, 6.45) is 4.01. The van der Waals surface area contributed by atoms with E-state index in [4.69, 9.17) is 9.52 Å². The van der Waals surface area contributed by atoms with Gasteiger partial charge in [0, 0.05) is 18.6 Å². The molecule has 120 valence electrons. The molecule has 0 aromatic carbocycles. The maximum atomic E-state index is 12.0. The van der Waals surface area contributed by atoms with Crippen LogP contribution >= 0.6 is 15.9 Å². The van der Waals surface area contributed by atoms with Crippen LogP contribution in [0.2, 0.25) is 0 Å². The first-order valence-corrected chi connectivity index (χ1v) is 8.32. The van der Waals surface area contributed by atoms with Gasteiger partial charge >= 0.3 is 5.97 Å². The van der Waals surface area contributed by atoms with Gasteiger partial charge in [-0.3, -0.25) is 14.5 Å². The lowest BCUT2D eigenvalue weighted by molar-refractivity contribution is -0.139. The van der Waals surface area contributed by atoms with Gasteiger partial charge < -0.3 is 14.8 Å². The van der Waals surface area contributed by atoms with Crippen LogP contribution in [0.4, 0.5) is 0 Å².